The van der Waals surface area contributed by atoms with E-state index in [1.165, 1.54) is 0 Å². The minimum Gasteiger partial charge on any atom is -0.481 e. The number of hydrogen-bond acceptors (Lipinski definition) is 11. The van der Waals surface area contributed by atoms with Crippen molar-refractivity contribution in [2.45, 2.75) is 31.0 Å². The fourth-order valence-corrected chi connectivity index (χ4v) is 3.79. The SMILES string of the molecule is Nc1c(CC(=O)O)cccc1C(=O)c1ccc(Br)cc1.Nc1ncn([C@@H]2O[C@H](CO)[C@@H](O)[C@H]2O)c(=O)n1. The summed E-state index contributed by atoms with van der Waals surface area (Å²) in [6, 6.07) is 11.8. The van der Waals surface area contributed by atoms with Crippen LogP contribution in [0.15, 0.2) is 58.1 Å². The van der Waals surface area contributed by atoms with Crippen LogP contribution in [0, 0.1) is 0 Å². The molecular formula is C23H24BrN5O8. The van der Waals surface area contributed by atoms with Crippen molar-refractivity contribution < 1.29 is 34.8 Å². The summed E-state index contributed by atoms with van der Waals surface area (Å²) < 4.78 is 6.91. The first-order valence-corrected chi connectivity index (χ1v) is 11.5. The third-order valence-corrected chi connectivity index (χ3v) is 5.95. The second kappa shape index (κ2) is 12.0. The van der Waals surface area contributed by atoms with Crippen molar-refractivity contribution in [1.82, 2.24) is 14.5 Å². The normalized spacial score (nSPS) is 20.6. The van der Waals surface area contributed by atoms with Gasteiger partial charge in [0.1, 0.15) is 24.6 Å². The van der Waals surface area contributed by atoms with E-state index in [-0.39, 0.29) is 23.8 Å². The van der Waals surface area contributed by atoms with E-state index in [9.17, 15) is 24.6 Å². The number of halogens is 1. The van der Waals surface area contributed by atoms with Gasteiger partial charge in [-0.15, -0.1) is 0 Å². The van der Waals surface area contributed by atoms with Crippen LogP contribution in [-0.2, 0) is 16.0 Å². The highest BCUT2D eigenvalue weighted by Gasteiger charge is 2.43. The van der Waals surface area contributed by atoms with Crippen LogP contribution in [0.2, 0.25) is 0 Å². The molecule has 1 aliphatic heterocycles. The lowest BCUT2D eigenvalue weighted by Gasteiger charge is -2.16. The van der Waals surface area contributed by atoms with Crippen molar-refractivity contribution in [2.75, 3.05) is 18.1 Å². The molecule has 0 amide bonds. The lowest BCUT2D eigenvalue weighted by molar-refractivity contribution is -0.136. The number of nitrogens with zero attached hydrogens (tertiary/aromatic N) is 3. The molecule has 0 aliphatic carbocycles. The summed E-state index contributed by atoms with van der Waals surface area (Å²) in [7, 11) is 0. The van der Waals surface area contributed by atoms with Crippen LogP contribution in [-0.4, -0.2) is 71.6 Å². The van der Waals surface area contributed by atoms with Crippen molar-refractivity contribution in [3.63, 3.8) is 0 Å². The number of para-hydroxylation sites is 1. The second-order valence-electron chi connectivity index (χ2n) is 7.92. The summed E-state index contributed by atoms with van der Waals surface area (Å²) in [5.74, 6) is -1.40. The van der Waals surface area contributed by atoms with Gasteiger partial charge in [0.15, 0.2) is 12.0 Å². The number of anilines is 2. The molecule has 196 valence electrons. The molecule has 0 spiro atoms. The molecule has 3 aromatic rings. The average molecular weight is 578 g/mol. The second-order valence-corrected chi connectivity index (χ2v) is 8.83. The third-order valence-electron chi connectivity index (χ3n) is 5.43. The Hall–Kier alpha value is -3.69. The summed E-state index contributed by atoms with van der Waals surface area (Å²) in [6.45, 7) is -0.473. The van der Waals surface area contributed by atoms with Gasteiger partial charge < -0.3 is 36.6 Å². The zero-order chi connectivity index (χ0) is 27.3. The first-order chi connectivity index (χ1) is 17.5. The first-order valence-electron chi connectivity index (χ1n) is 10.8. The van der Waals surface area contributed by atoms with Crippen LogP contribution in [0.5, 0.6) is 0 Å². The number of benzene rings is 2. The van der Waals surface area contributed by atoms with Crippen LogP contribution < -0.4 is 17.2 Å². The molecule has 1 aliphatic rings. The Morgan fingerprint density at radius 2 is 1.76 bits per heavy atom. The molecule has 14 heteroatoms. The highest BCUT2D eigenvalue weighted by molar-refractivity contribution is 9.10. The highest BCUT2D eigenvalue weighted by atomic mass is 79.9. The standard InChI is InChI=1S/C15H12BrNO3.C8H12N4O5/c16-11-6-4-9(5-7-11)15(20)12-3-1-2-10(14(12)17)8-13(18)19;9-7-10-2-12(8(16)11-7)6-5(15)4(14)3(1-13)17-6/h1-7H,8,17H2,(H,18,19);2-6,13-15H,1H2,(H2,9,11,16)/t;3-,4-,5-,6-/m.1/s1. The Bertz CT molecular complexity index is 1330. The fourth-order valence-electron chi connectivity index (χ4n) is 3.52. The van der Waals surface area contributed by atoms with Crippen LogP contribution in [0.3, 0.4) is 0 Å². The van der Waals surface area contributed by atoms with Gasteiger partial charge in [-0.05, 0) is 35.9 Å². The van der Waals surface area contributed by atoms with Gasteiger partial charge in [0.25, 0.3) is 0 Å². The number of hydrogen-bond donors (Lipinski definition) is 6. The molecular weight excluding hydrogens is 554 g/mol. The van der Waals surface area contributed by atoms with Gasteiger partial charge in [-0.1, -0.05) is 28.1 Å². The summed E-state index contributed by atoms with van der Waals surface area (Å²) >= 11 is 3.30. The van der Waals surface area contributed by atoms with Gasteiger partial charge in [0.2, 0.25) is 5.95 Å². The van der Waals surface area contributed by atoms with E-state index >= 15 is 0 Å². The topological polar surface area (TPSA) is 224 Å². The number of nitrogens with two attached hydrogens (primary N) is 2. The lowest BCUT2D eigenvalue weighted by atomic mass is 9.98. The maximum absolute atomic E-state index is 12.4. The molecule has 13 nitrogen and oxygen atoms in total. The van der Waals surface area contributed by atoms with Crippen molar-refractivity contribution in [3.05, 3.63) is 80.4 Å². The molecule has 0 unspecified atom stereocenters. The number of carbonyl (C=O) groups is 2. The summed E-state index contributed by atoms with van der Waals surface area (Å²) in [6.07, 6.45) is -3.88. The lowest BCUT2D eigenvalue weighted by Crippen LogP contribution is -2.36. The van der Waals surface area contributed by atoms with Gasteiger partial charge in [-0.25, -0.2) is 9.78 Å². The van der Waals surface area contributed by atoms with Gasteiger partial charge in [0, 0.05) is 21.3 Å². The van der Waals surface area contributed by atoms with Crippen LogP contribution in [0.1, 0.15) is 27.7 Å². The molecule has 4 rings (SSSR count). The molecule has 1 saturated heterocycles. The summed E-state index contributed by atoms with van der Waals surface area (Å²) in [5, 5.41) is 36.9. The molecule has 2 aromatic carbocycles. The van der Waals surface area contributed by atoms with E-state index < -0.39 is 42.8 Å². The monoisotopic (exact) mass is 577 g/mol. The summed E-state index contributed by atoms with van der Waals surface area (Å²) in [4.78, 5) is 41.6. The fraction of sp³-hybridized carbons (Fsp3) is 0.261. The number of aliphatic hydroxyl groups is 3. The van der Waals surface area contributed by atoms with Crippen LogP contribution >= 0.6 is 15.9 Å². The summed E-state index contributed by atoms with van der Waals surface area (Å²) in [5.41, 5.74) is 11.9. The molecule has 1 fully saturated rings. The van der Waals surface area contributed by atoms with E-state index in [0.29, 0.717) is 16.7 Å². The van der Waals surface area contributed by atoms with E-state index in [1.807, 2.05) is 0 Å². The molecule has 4 atom stereocenters. The van der Waals surface area contributed by atoms with Gasteiger partial charge in [0.05, 0.1) is 13.0 Å². The predicted molar refractivity (Wildman–Crippen MR) is 133 cm³/mol. The van der Waals surface area contributed by atoms with Gasteiger partial charge >= 0.3 is 11.7 Å². The number of aliphatic carboxylic acids is 1. The Morgan fingerprint density at radius 1 is 1.08 bits per heavy atom. The smallest absolute Gasteiger partial charge is 0.354 e. The van der Waals surface area contributed by atoms with Gasteiger partial charge in [-0.3, -0.25) is 14.2 Å². The van der Waals surface area contributed by atoms with E-state index in [4.69, 9.17) is 26.4 Å². The minimum absolute atomic E-state index is 0.196. The van der Waals surface area contributed by atoms with Gasteiger partial charge in [-0.2, -0.15) is 4.98 Å². The van der Waals surface area contributed by atoms with Crippen LogP contribution in [0.4, 0.5) is 11.6 Å². The Labute approximate surface area is 218 Å². The molecule has 0 radical (unpaired) electrons. The third kappa shape index (κ3) is 6.55. The molecule has 37 heavy (non-hydrogen) atoms. The maximum Gasteiger partial charge on any atom is 0.354 e. The molecule has 8 N–H and O–H groups in total. The molecule has 0 saturated carbocycles. The highest BCUT2D eigenvalue weighted by Crippen LogP contribution is 2.27. The molecule has 2 heterocycles. The minimum atomic E-state index is -1.35. The number of carboxylic acids is 1. The number of rotatable bonds is 6. The van der Waals surface area contributed by atoms with Crippen molar-refractivity contribution in [1.29, 1.82) is 0 Å². The number of aliphatic hydroxyl groups excluding tert-OH is 3. The largest absolute Gasteiger partial charge is 0.481 e. The Morgan fingerprint density at radius 3 is 2.32 bits per heavy atom. The van der Waals surface area contributed by atoms with Crippen molar-refractivity contribution in [2.24, 2.45) is 0 Å². The van der Waals surface area contributed by atoms with Crippen molar-refractivity contribution in [3.8, 4) is 0 Å². The Balaban J connectivity index is 0.000000208. The number of aromatic nitrogens is 3. The van der Waals surface area contributed by atoms with Crippen molar-refractivity contribution >= 4 is 39.3 Å². The number of nitrogen functional groups attached to an aromatic ring is 2. The van der Waals surface area contributed by atoms with E-state index in [0.717, 1.165) is 15.4 Å². The number of ketones is 1. The predicted octanol–water partition coefficient (Wildman–Crippen LogP) is -0.279. The number of ether oxygens (including phenoxy) is 1. The van der Waals surface area contributed by atoms with E-state index in [2.05, 4.69) is 25.9 Å². The van der Waals surface area contributed by atoms with E-state index in [1.54, 1.807) is 42.5 Å². The molecule has 0 bridgehead atoms. The number of carbonyl (C=O) groups excluding carboxylic acids is 1. The number of carboxylic acid groups (broad SMARTS) is 1. The molecule has 1 aromatic heterocycles. The zero-order valence-electron chi connectivity index (χ0n) is 19.1. The quantitative estimate of drug-likeness (QED) is 0.164. The first kappa shape index (κ1) is 27.9. The zero-order valence-corrected chi connectivity index (χ0v) is 20.7. The average Bonchev–Trinajstić information content (AvgIpc) is 3.14. The maximum atomic E-state index is 12.4. The van der Waals surface area contributed by atoms with Crippen LogP contribution in [0.25, 0.3) is 0 Å². The Kier molecular flexibility index (Phi) is 9.07.